The lowest BCUT2D eigenvalue weighted by Crippen LogP contribution is -2.44. The highest BCUT2D eigenvalue weighted by molar-refractivity contribution is 7.18. The predicted octanol–water partition coefficient (Wildman–Crippen LogP) is 2.18. The molecule has 0 aliphatic carbocycles. The molecule has 2 aromatic rings. The Labute approximate surface area is 158 Å². The standard InChI is InChI=1S/C19H28N4O2S/c1-20-18(22-13-19(8-11-24)9-12-25-14-19)21-10-4-7-17-23-15-5-2-3-6-16(15)26-17/h2-3,5-6,24H,4,7-14H2,1H3,(H2,20,21,22). The van der Waals surface area contributed by atoms with Crippen molar-refractivity contribution in [2.45, 2.75) is 25.7 Å². The van der Waals surface area contributed by atoms with Crippen molar-refractivity contribution < 1.29 is 9.84 Å². The molecule has 3 rings (SSSR count). The third-order valence-electron chi connectivity index (χ3n) is 4.88. The Morgan fingerprint density at radius 1 is 1.38 bits per heavy atom. The molecule has 1 aliphatic heterocycles. The second-order valence-electron chi connectivity index (χ2n) is 6.81. The number of benzene rings is 1. The second kappa shape index (κ2) is 9.30. The van der Waals surface area contributed by atoms with Crippen molar-refractivity contribution in [1.82, 2.24) is 15.6 Å². The molecule has 0 amide bonds. The van der Waals surface area contributed by atoms with Gasteiger partial charge in [-0.1, -0.05) is 12.1 Å². The minimum absolute atomic E-state index is 0.0212. The van der Waals surface area contributed by atoms with Crippen molar-refractivity contribution in [1.29, 1.82) is 0 Å². The van der Waals surface area contributed by atoms with Gasteiger partial charge in [0.2, 0.25) is 0 Å². The zero-order valence-corrected chi connectivity index (χ0v) is 16.1. The van der Waals surface area contributed by atoms with Gasteiger partial charge in [-0.25, -0.2) is 4.98 Å². The molecule has 0 bridgehead atoms. The van der Waals surface area contributed by atoms with Gasteiger partial charge >= 0.3 is 0 Å². The Morgan fingerprint density at radius 2 is 2.27 bits per heavy atom. The molecule has 26 heavy (non-hydrogen) atoms. The normalized spacial score (nSPS) is 20.6. The highest BCUT2D eigenvalue weighted by Gasteiger charge is 2.34. The highest BCUT2D eigenvalue weighted by atomic mass is 32.1. The van der Waals surface area contributed by atoms with Crippen LogP contribution in [0.3, 0.4) is 0 Å². The molecule has 1 fully saturated rings. The van der Waals surface area contributed by atoms with E-state index in [0.717, 1.165) is 56.9 Å². The van der Waals surface area contributed by atoms with Gasteiger partial charge in [-0.15, -0.1) is 11.3 Å². The first kappa shape index (κ1) is 19.1. The van der Waals surface area contributed by atoms with Gasteiger partial charge in [0.1, 0.15) is 0 Å². The quantitative estimate of drug-likeness (QED) is 0.374. The average molecular weight is 377 g/mol. The number of hydrogen-bond donors (Lipinski definition) is 3. The van der Waals surface area contributed by atoms with Gasteiger partial charge in [0.15, 0.2) is 5.96 Å². The van der Waals surface area contributed by atoms with E-state index in [2.05, 4.69) is 38.8 Å². The van der Waals surface area contributed by atoms with Crippen LogP contribution in [0, 0.1) is 5.41 Å². The third kappa shape index (κ3) is 4.93. The first-order valence-corrected chi connectivity index (χ1v) is 10.0. The topological polar surface area (TPSA) is 78.8 Å². The van der Waals surface area contributed by atoms with Gasteiger partial charge in [0, 0.05) is 45.2 Å². The number of thiazole rings is 1. The van der Waals surface area contributed by atoms with Crippen LogP contribution in [-0.2, 0) is 11.2 Å². The van der Waals surface area contributed by atoms with Crippen LogP contribution in [-0.4, -0.2) is 56.0 Å². The van der Waals surface area contributed by atoms with E-state index in [1.807, 2.05) is 6.07 Å². The van der Waals surface area contributed by atoms with Crippen LogP contribution in [0.4, 0.5) is 0 Å². The molecule has 0 spiro atoms. The first-order valence-electron chi connectivity index (χ1n) is 9.22. The molecule has 0 saturated carbocycles. The summed E-state index contributed by atoms with van der Waals surface area (Å²) in [5.41, 5.74) is 1.11. The third-order valence-corrected chi connectivity index (χ3v) is 5.98. The molecular formula is C19H28N4O2S. The Hall–Kier alpha value is -1.70. The van der Waals surface area contributed by atoms with E-state index in [1.165, 1.54) is 9.71 Å². The van der Waals surface area contributed by atoms with Crippen molar-refractivity contribution in [2.75, 3.05) is 40.0 Å². The summed E-state index contributed by atoms with van der Waals surface area (Å²) >= 11 is 1.77. The Bertz CT molecular complexity index is 692. The molecule has 3 N–H and O–H groups in total. The maximum atomic E-state index is 9.31. The summed E-state index contributed by atoms with van der Waals surface area (Å²) in [6.07, 6.45) is 3.71. The van der Waals surface area contributed by atoms with E-state index in [0.29, 0.717) is 6.61 Å². The van der Waals surface area contributed by atoms with Gasteiger partial charge < -0.3 is 20.5 Å². The summed E-state index contributed by atoms with van der Waals surface area (Å²) in [5, 5.41) is 17.3. The van der Waals surface area contributed by atoms with E-state index < -0.39 is 0 Å². The summed E-state index contributed by atoms with van der Waals surface area (Å²) in [5.74, 6) is 0.804. The van der Waals surface area contributed by atoms with Crippen molar-refractivity contribution in [3.05, 3.63) is 29.3 Å². The van der Waals surface area contributed by atoms with E-state index in [1.54, 1.807) is 18.4 Å². The van der Waals surface area contributed by atoms with E-state index in [9.17, 15) is 5.11 Å². The number of aromatic nitrogens is 1. The van der Waals surface area contributed by atoms with Crippen LogP contribution in [0.25, 0.3) is 10.2 Å². The number of nitrogens with zero attached hydrogens (tertiary/aromatic N) is 2. The summed E-state index contributed by atoms with van der Waals surface area (Å²) in [6.45, 7) is 3.29. The molecule has 142 valence electrons. The molecule has 1 aliphatic rings. The smallest absolute Gasteiger partial charge is 0.190 e. The monoisotopic (exact) mass is 376 g/mol. The number of guanidine groups is 1. The maximum absolute atomic E-state index is 9.31. The first-order chi connectivity index (χ1) is 12.7. The van der Waals surface area contributed by atoms with Crippen LogP contribution in [0.1, 0.15) is 24.3 Å². The lowest BCUT2D eigenvalue weighted by molar-refractivity contribution is 0.127. The molecule has 2 heterocycles. The van der Waals surface area contributed by atoms with Crippen LogP contribution in [0.15, 0.2) is 29.3 Å². The molecule has 6 nitrogen and oxygen atoms in total. The Kier molecular flexibility index (Phi) is 6.82. The number of aliphatic hydroxyl groups excluding tert-OH is 1. The minimum atomic E-state index is 0.0212. The van der Waals surface area contributed by atoms with Crippen molar-refractivity contribution in [3.63, 3.8) is 0 Å². The minimum Gasteiger partial charge on any atom is -0.396 e. The summed E-state index contributed by atoms with van der Waals surface area (Å²) in [6, 6.07) is 8.27. The van der Waals surface area contributed by atoms with Gasteiger partial charge in [-0.3, -0.25) is 4.99 Å². The maximum Gasteiger partial charge on any atom is 0.190 e. The molecule has 1 unspecified atom stereocenters. The van der Waals surface area contributed by atoms with Gasteiger partial charge in [-0.2, -0.15) is 0 Å². The van der Waals surface area contributed by atoms with Crippen LogP contribution in [0.2, 0.25) is 0 Å². The fourth-order valence-corrected chi connectivity index (χ4v) is 4.29. The van der Waals surface area contributed by atoms with Crippen molar-refractivity contribution in [3.8, 4) is 0 Å². The molecule has 1 atom stereocenters. The summed E-state index contributed by atoms with van der Waals surface area (Å²) in [7, 11) is 1.78. The van der Waals surface area contributed by atoms with Gasteiger partial charge in [-0.05, 0) is 31.4 Å². The van der Waals surface area contributed by atoms with Gasteiger partial charge in [0.05, 0.1) is 21.8 Å². The Balaban J connectivity index is 1.41. The van der Waals surface area contributed by atoms with Gasteiger partial charge in [0.25, 0.3) is 0 Å². The van der Waals surface area contributed by atoms with Crippen LogP contribution >= 0.6 is 11.3 Å². The number of para-hydroxylation sites is 1. The largest absolute Gasteiger partial charge is 0.396 e. The number of ether oxygens (including phenoxy) is 1. The lowest BCUT2D eigenvalue weighted by Gasteiger charge is -2.27. The number of fused-ring (bicyclic) bond motifs is 1. The number of aryl methyl sites for hydroxylation is 1. The number of aliphatic imine (C=N–C) groups is 1. The summed E-state index contributed by atoms with van der Waals surface area (Å²) in [4.78, 5) is 8.97. The molecule has 1 aromatic carbocycles. The number of nitrogens with one attached hydrogen (secondary N) is 2. The van der Waals surface area contributed by atoms with E-state index in [-0.39, 0.29) is 12.0 Å². The zero-order valence-electron chi connectivity index (χ0n) is 15.3. The number of hydrogen-bond acceptors (Lipinski definition) is 5. The fraction of sp³-hybridized carbons (Fsp3) is 0.579. The van der Waals surface area contributed by atoms with Crippen molar-refractivity contribution >= 4 is 27.5 Å². The lowest BCUT2D eigenvalue weighted by atomic mass is 9.84. The molecule has 1 saturated heterocycles. The highest BCUT2D eigenvalue weighted by Crippen LogP contribution is 2.31. The van der Waals surface area contributed by atoms with Crippen LogP contribution < -0.4 is 10.6 Å². The molecular weight excluding hydrogens is 348 g/mol. The zero-order chi connectivity index (χ0) is 18.2. The summed E-state index contributed by atoms with van der Waals surface area (Å²) < 4.78 is 6.79. The van der Waals surface area contributed by atoms with E-state index in [4.69, 9.17) is 4.74 Å². The van der Waals surface area contributed by atoms with E-state index >= 15 is 0 Å². The molecule has 0 radical (unpaired) electrons. The number of rotatable bonds is 8. The predicted molar refractivity (Wildman–Crippen MR) is 107 cm³/mol. The molecule has 1 aromatic heterocycles. The second-order valence-corrected chi connectivity index (χ2v) is 7.92. The SMILES string of the molecule is CN=C(NCCCc1nc2ccccc2s1)NCC1(CCO)CCOC1. The number of aliphatic hydroxyl groups is 1. The fourth-order valence-electron chi connectivity index (χ4n) is 3.28. The average Bonchev–Trinajstić information content (AvgIpc) is 3.28. The van der Waals surface area contributed by atoms with Crippen LogP contribution in [0.5, 0.6) is 0 Å². The Morgan fingerprint density at radius 3 is 3.00 bits per heavy atom. The van der Waals surface area contributed by atoms with Crippen molar-refractivity contribution in [2.24, 2.45) is 10.4 Å². The molecule has 7 heteroatoms.